The van der Waals surface area contributed by atoms with E-state index in [1.807, 2.05) is 30.1 Å². The molecule has 2 fully saturated rings. The molecule has 1 saturated heterocycles. The van der Waals surface area contributed by atoms with Crippen molar-refractivity contribution in [2.24, 2.45) is 5.92 Å². The van der Waals surface area contributed by atoms with Crippen molar-refractivity contribution >= 4 is 17.2 Å². The SMILES string of the molecule is Cc1ccc([C@@H]2C[C@@H]2C(=O)N2CCC[C@H]2c2noc(C(C)C)n2)s1. The molecule has 2 aliphatic rings. The molecular weight excluding hydrogens is 322 g/mol. The number of carbonyl (C=O) groups excluding carboxylic acids is 1. The Morgan fingerprint density at radius 2 is 2.25 bits per heavy atom. The molecule has 5 nitrogen and oxygen atoms in total. The average molecular weight is 345 g/mol. The highest BCUT2D eigenvalue weighted by atomic mass is 32.1. The van der Waals surface area contributed by atoms with E-state index in [-0.39, 0.29) is 23.8 Å². The summed E-state index contributed by atoms with van der Waals surface area (Å²) in [5.74, 6) is 2.36. The van der Waals surface area contributed by atoms with E-state index in [2.05, 4.69) is 29.2 Å². The number of likely N-dealkylation sites (tertiary alicyclic amines) is 1. The van der Waals surface area contributed by atoms with Gasteiger partial charge in [-0.25, -0.2) is 0 Å². The van der Waals surface area contributed by atoms with Crippen LogP contribution in [-0.4, -0.2) is 27.5 Å². The summed E-state index contributed by atoms with van der Waals surface area (Å²) < 4.78 is 5.34. The fraction of sp³-hybridized carbons (Fsp3) is 0.611. The Bertz CT molecular complexity index is 751. The molecule has 1 amide bonds. The van der Waals surface area contributed by atoms with E-state index < -0.39 is 0 Å². The molecule has 6 heteroatoms. The van der Waals surface area contributed by atoms with Gasteiger partial charge in [-0.2, -0.15) is 4.98 Å². The van der Waals surface area contributed by atoms with E-state index in [9.17, 15) is 4.79 Å². The summed E-state index contributed by atoms with van der Waals surface area (Å²) in [6.07, 6.45) is 2.92. The quantitative estimate of drug-likeness (QED) is 0.839. The molecule has 0 unspecified atom stereocenters. The van der Waals surface area contributed by atoms with E-state index in [0.717, 1.165) is 25.8 Å². The van der Waals surface area contributed by atoms with Crippen LogP contribution in [-0.2, 0) is 4.79 Å². The third-order valence-corrected chi connectivity index (χ3v) is 6.15. The lowest BCUT2D eigenvalue weighted by atomic mass is 10.2. The van der Waals surface area contributed by atoms with Gasteiger partial charge in [-0.3, -0.25) is 4.79 Å². The van der Waals surface area contributed by atoms with Crippen molar-refractivity contribution in [1.29, 1.82) is 0 Å². The lowest BCUT2D eigenvalue weighted by molar-refractivity contribution is -0.133. The van der Waals surface area contributed by atoms with Gasteiger partial charge in [-0.05, 0) is 38.3 Å². The van der Waals surface area contributed by atoms with Crippen LogP contribution in [0.25, 0.3) is 0 Å². The summed E-state index contributed by atoms with van der Waals surface area (Å²) in [6.45, 7) is 6.99. The van der Waals surface area contributed by atoms with Gasteiger partial charge in [0.1, 0.15) is 0 Å². The van der Waals surface area contributed by atoms with Gasteiger partial charge in [0, 0.05) is 34.1 Å². The molecule has 0 N–H and O–H groups in total. The zero-order valence-electron chi connectivity index (χ0n) is 14.4. The van der Waals surface area contributed by atoms with Crippen molar-refractivity contribution in [2.45, 2.75) is 57.9 Å². The van der Waals surface area contributed by atoms with Crippen LogP contribution in [0.4, 0.5) is 0 Å². The summed E-state index contributed by atoms with van der Waals surface area (Å²) in [5, 5.41) is 4.13. The molecule has 2 aromatic heterocycles. The van der Waals surface area contributed by atoms with Crippen molar-refractivity contribution in [2.75, 3.05) is 6.54 Å². The van der Waals surface area contributed by atoms with Crippen molar-refractivity contribution in [3.8, 4) is 0 Å². The largest absolute Gasteiger partial charge is 0.339 e. The number of hydrogen-bond acceptors (Lipinski definition) is 5. The molecule has 4 rings (SSSR count). The van der Waals surface area contributed by atoms with E-state index in [0.29, 0.717) is 17.6 Å². The van der Waals surface area contributed by atoms with Gasteiger partial charge in [-0.1, -0.05) is 19.0 Å². The number of rotatable bonds is 4. The second-order valence-corrected chi connectivity index (χ2v) is 8.55. The van der Waals surface area contributed by atoms with Gasteiger partial charge < -0.3 is 9.42 Å². The first-order valence-electron chi connectivity index (χ1n) is 8.75. The molecule has 3 heterocycles. The van der Waals surface area contributed by atoms with E-state index in [4.69, 9.17) is 4.52 Å². The highest BCUT2D eigenvalue weighted by molar-refractivity contribution is 7.12. The normalized spacial score (nSPS) is 26.3. The summed E-state index contributed by atoms with van der Waals surface area (Å²) in [5.41, 5.74) is 0. The van der Waals surface area contributed by atoms with Crippen molar-refractivity contribution in [3.63, 3.8) is 0 Å². The van der Waals surface area contributed by atoms with Crippen LogP contribution in [0.2, 0.25) is 0 Å². The third-order valence-electron chi connectivity index (χ3n) is 5.02. The van der Waals surface area contributed by atoms with E-state index in [1.54, 1.807) is 0 Å². The van der Waals surface area contributed by atoms with Crippen LogP contribution in [0, 0.1) is 12.8 Å². The summed E-state index contributed by atoms with van der Waals surface area (Å²) >= 11 is 1.82. The Balaban J connectivity index is 1.47. The van der Waals surface area contributed by atoms with Gasteiger partial charge in [0.05, 0.1) is 6.04 Å². The van der Waals surface area contributed by atoms with Gasteiger partial charge in [0.25, 0.3) is 0 Å². The minimum Gasteiger partial charge on any atom is -0.339 e. The molecule has 24 heavy (non-hydrogen) atoms. The van der Waals surface area contributed by atoms with Crippen LogP contribution in [0.15, 0.2) is 16.7 Å². The van der Waals surface area contributed by atoms with E-state index in [1.165, 1.54) is 9.75 Å². The zero-order chi connectivity index (χ0) is 16.8. The summed E-state index contributed by atoms with van der Waals surface area (Å²) in [6, 6.07) is 4.30. The molecule has 128 valence electrons. The molecular formula is C18H23N3O2S. The first-order chi connectivity index (χ1) is 11.5. The Kier molecular flexibility index (Phi) is 3.95. The van der Waals surface area contributed by atoms with Crippen LogP contribution in [0.1, 0.15) is 72.5 Å². The molecule has 0 bridgehead atoms. The van der Waals surface area contributed by atoms with Crippen LogP contribution < -0.4 is 0 Å². The van der Waals surface area contributed by atoms with Crippen molar-refractivity contribution < 1.29 is 9.32 Å². The van der Waals surface area contributed by atoms with Crippen LogP contribution in [0.5, 0.6) is 0 Å². The highest BCUT2D eigenvalue weighted by Gasteiger charge is 2.49. The number of carbonyl (C=O) groups is 1. The average Bonchev–Trinajstić information content (AvgIpc) is 2.97. The number of nitrogens with zero attached hydrogens (tertiary/aromatic N) is 3. The smallest absolute Gasteiger partial charge is 0.229 e. The van der Waals surface area contributed by atoms with Gasteiger partial charge >= 0.3 is 0 Å². The van der Waals surface area contributed by atoms with Crippen LogP contribution >= 0.6 is 11.3 Å². The summed E-state index contributed by atoms with van der Waals surface area (Å²) in [4.78, 5) is 22.1. The van der Waals surface area contributed by atoms with Crippen molar-refractivity contribution in [1.82, 2.24) is 15.0 Å². The molecule has 2 aromatic rings. The molecule has 0 radical (unpaired) electrons. The number of thiophene rings is 1. The second kappa shape index (κ2) is 5.99. The predicted molar refractivity (Wildman–Crippen MR) is 92.0 cm³/mol. The minimum atomic E-state index is -0.0138. The molecule has 1 saturated carbocycles. The van der Waals surface area contributed by atoms with Crippen molar-refractivity contribution in [3.05, 3.63) is 33.6 Å². The number of amides is 1. The number of aromatic nitrogens is 2. The maximum atomic E-state index is 13.0. The van der Waals surface area contributed by atoms with Gasteiger partial charge in [0.15, 0.2) is 5.82 Å². The maximum Gasteiger partial charge on any atom is 0.229 e. The van der Waals surface area contributed by atoms with E-state index >= 15 is 0 Å². The fourth-order valence-corrected chi connectivity index (χ4v) is 4.62. The monoisotopic (exact) mass is 345 g/mol. The Hall–Kier alpha value is -1.69. The third kappa shape index (κ3) is 2.77. The highest BCUT2D eigenvalue weighted by Crippen LogP contribution is 2.51. The molecule has 1 aliphatic carbocycles. The number of aryl methyl sites for hydroxylation is 1. The predicted octanol–water partition coefficient (Wildman–Crippen LogP) is 4.03. The molecule has 3 atom stereocenters. The summed E-state index contributed by atoms with van der Waals surface area (Å²) in [7, 11) is 0. The van der Waals surface area contributed by atoms with Gasteiger partial charge in [-0.15, -0.1) is 11.3 Å². The second-order valence-electron chi connectivity index (χ2n) is 7.23. The molecule has 1 aliphatic heterocycles. The Labute approximate surface area is 146 Å². The lowest BCUT2D eigenvalue weighted by Gasteiger charge is -2.22. The van der Waals surface area contributed by atoms with Crippen LogP contribution in [0.3, 0.4) is 0 Å². The van der Waals surface area contributed by atoms with Gasteiger partial charge in [0.2, 0.25) is 11.8 Å². The Morgan fingerprint density at radius 1 is 1.42 bits per heavy atom. The lowest BCUT2D eigenvalue weighted by Crippen LogP contribution is -2.32. The first-order valence-corrected chi connectivity index (χ1v) is 9.56. The fourth-order valence-electron chi connectivity index (χ4n) is 3.56. The maximum absolute atomic E-state index is 13.0. The first kappa shape index (κ1) is 15.8. The molecule has 0 aromatic carbocycles. The minimum absolute atomic E-state index is 0.0138. The molecule has 0 spiro atoms. The zero-order valence-corrected chi connectivity index (χ0v) is 15.2. The number of hydrogen-bond donors (Lipinski definition) is 0. The topological polar surface area (TPSA) is 59.2 Å². The standard InChI is InChI=1S/C18H23N3O2S/c1-10(2)17-19-16(20-23-17)14-5-4-8-21(14)18(22)13-9-12(13)15-7-6-11(3)24-15/h6-7,10,12-14H,4-5,8-9H2,1-3H3/t12-,13+,14+/m1/s1. The Morgan fingerprint density at radius 3 is 2.92 bits per heavy atom.